The molecular weight excluding hydrogens is 352 g/mol. The lowest BCUT2D eigenvalue weighted by Gasteiger charge is -2.26. The molecule has 2 heterocycles. The van der Waals surface area contributed by atoms with Gasteiger partial charge in [0.25, 0.3) is 0 Å². The Labute approximate surface area is 156 Å². The van der Waals surface area contributed by atoms with Gasteiger partial charge in [-0.2, -0.15) is 0 Å². The molecular formula is C18H32N4O3S. The van der Waals surface area contributed by atoms with Crippen LogP contribution in [0.1, 0.15) is 51.9 Å². The molecule has 1 amide bonds. The van der Waals surface area contributed by atoms with E-state index in [-0.39, 0.29) is 23.5 Å². The van der Waals surface area contributed by atoms with Gasteiger partial charge in [0.15, 0.2) is 15.8 Å². The largest absolute Gasteiger partial charge is 0.357 e. The molecule has 2 N–H and O–H groups in total. The molecule has 1 atom stereocenters. The second kappa shape index (κ2) is 8.15. The molecule has 7 nitrogen and oxygen atoms in total. The Morgan fingerprint density at radius 3 is 2.69 bits per heavy atom. The van der Waals surface area contributed by atoms with Crippen LogP contribution in [-0.2, 0) is 14.6 Å². The zero-order valence-electron chi connectivity index (χ0n) is 15.8. The van der Waals surface area contributed by atoms with E-state index in [1.165, 1.54) is 32.1 Å². The Bertz CT molecular complexity index is 641. The van der Waals surface area contributed by atoms with Crippen LogP contribution in [0.15, 0.2) is 4.99 Å². The zero-order chi connectivity index (χ0) is 18.6. The van der Waals surface area contributed by atoms with Crippen LogP contribution in [0.25, 0.3) is 0 Å². The third-order valence-corrected chi connectivity index (χ3v) is 7.70. The van der Waals surface area contributed by atoms with Gasteiger partial charge in [-0.15, -0.1) is 0 Å². The summed E-state index contributed by atoms with van der Waals surface area (Å²) in [4.78, 5) is 19.1. The minimum absolute atomic E-state index is 0.0699. The summed E-state index contributed by atoms with van der Waals surface area (Å²) in [5.41, 5.74) is 0.488. The van der Waals surface area contributed by atoms with Crippen molar-refractivity contribution >= 4 is 21.7 Å². The Balaban J connectivity index is 1.47. The molecule has 3 rings (SSSR count). The number of nitrogens with one attached hydrogen (secondary N) is 2. The molecule has 3 fully saturated rings. The molecule has 26 heavy (non-hydrogen) atoms. The summed E-state index contributed by atoms with van der Waals surface area (Å²) >= 11 is 0. The van der Waals surface area contributed by atoms with Crippen LogP contribution >= 0.6 is 0 Å². The highest BCUT2D eigenvalue weighted by Crippen LogP contribution is 2.45. The third-order valence-electron chi connectivity index (χ3n) is 5.93. The highest BCUT2D eigenvalue weighted by atomic mass is 32.2. The van der Waals surface area contributed by atoms with Gasteiger partial charge in [-0.25, -0.2) is 8.42 Å². The van der Waals surface area contributed by atoms with Crippen LogP contribution in [0.4, 0.5) is 0 Å². The van der Waals surface area contributed by atoms with Crippen molar-refractivity contribution in [2.24, 2.45) is 10.4 Å². The summed E-state index contributed by atoms with van der Waals surface area (Å²) in [6.07, 6.45) is 7.41. The number of amides is 1. The number of sulfone groups is 1. The molecule has 0 aromatic carbocycles. The Morgan fingerprint density at radius 1 is 1.27 bits per heavy atom. The van der Waals surface area contributed by atoms with Gasteiger partial charge in [-0.05, 0) is 38.0 Å². The fourth-order valence-corrected chi connectivity index (χ4v) is 6.22. The second-order valence-corrected chi connectivity index (χ2v) is 10.3. The summed E-state index contributed by atoms with van der Waals surface area (Å²) in [5.74, 6) is 1.05. The molecule has 8 heteroatoms. The van der Waals surface area contributed by atoms with Crippen LogP contribution in [0.3, 0.4) is 0 Å². The van der Waals surface area contributed by atoms with E-state index in [2.05, 4.69) is 27.4 Å². The SMILES string of the molecule is CCNC(=NCCC(=O)NC1CCS(=O)(=O)C1)N1CCC2(CCCC2)C1. The van der Waals surface area contributed by atoms with Crippen LogP contribution < -0.4 is 10.6 Å². The van der Waals surface area contributed by atoms with Crippen molar-refractivity contribution in [2.45, 2.75) is 57.9 Å². The first-order chi connectivity index (χ1) is 12.4. The molecule has 2 saturated heterocycles. The highest BCUT2D eigenvalue weighted by molar-refractivity contribution is 7.91. The minimum Gasteiger partial charge on any atom is -0.357 e. The lowest BCUT2D eigenvalue weighted by molar-refractivity contribution is -0.121. The molecule has 0 bridgehead atoms. The molecule has 2 aliphatic heterocycles. The topological polar surface area (TPSA) is 90.9 Å². The number of guanidine groups is 1. The average Bonchev–Trinajstić information content (AvgIpc) is 3.29. The van der Waals surface area contributed by atoms with Crippen molar-refractivity contribution in [3.8, 4) is 0 Å². The zero-order valence-corrected chi connectivity index (χ0v) is 16.6. The maximum Gasteiger partial charge on any atom is 0.222 e. The van der Waals surface area contributed by atoms with Crippen molar-refractivity contribution < 1.29 is 13.2 Å². The minimum atomic E-state index is -2.96. The van der Waals surface area contributed by atoms with Gasteiger partial charge in [-0.1, -0.05) is 12.8 Å². The fraction of sp³-hybridized carbons (Fsp3) is 0.889. The monoisotopic (exact) mass is 384 g/mol. The summed E-state index contributed by atoms with van der Waals surface area (Å²) in [6, 6.07) is -0.231. The number of hydrogen-bond donors (Lipinski definition) is 2. The predicted octanol–water partition coefficient (Wildman–Crippen LogP) is 0.911. The van der Waals surface area contributed by atoms with E-state index in [0.29, 0.717) is 24.8 Å². The van der Waals surface area contributed by atoms with E-state index in [0.717, 1.165) is 25.6 Å². The summed E-state index contributed by atoms with van der Waals surface area (Å²) in [5, 5.41) is 6.18. The first-order valence-corrected chi connectivity index (χ1v) is 11.8. The first-order valence-electron chi connectivity index (χ1n) is 9.94. The molecule has 1 spiro atoms. The van der Waals surface area contributed by atoms with Crippen LogP contribution in [0.2, 0.25) is 0 Å². The number of likely N-dealkylation sites (tertiary alicyclic amines) is 1. The molecule has 0 aromatic heterocycles. The molecule has 3 aliphatic rings. The number of hydrogen-bond acceptors (Lipinski definition) is 4. The number of carbonyl (C=O) groups is 1. The third kappa shape index (κ3) is 4.90. The summed E-state index contributed by atoms with van der Waals surface area (Å²) < 4.78 is 22.9. The van der Waals surface area contributed by atoms with E-state index in [1.54, 1.807) is 0 Å². The molecule has 0 aromatic rings. The maximum absolute atomic E-state index is 12.1. The number of aliphatic imine (C=N–C) groups is 1. The number of nitrogens with zero attached hydrogens (tertiary/aromatic N) is 2. The van der Waals surface area contributed by atoms with Gasteiger partial charge in [0, 0.05) is 32.1 Å². The normalized spacial score (nSPS) is 27.2. The molecule has 1 unspecified atom stereocenters. The van der Waals surface area contributed by atoms with Crippen molar-refractivity contribution in [1.82, 2.24) is 15.5 Å². The van der Waals surface area contributed by atoms with Gasteiger partial charge < -0.3 is 15.5 Å². The average molecular weight is 385 g/mol. The van der Waals surface area contributed by atoms with Gasteiger partial charge in [0.05, 0.1) is 18.1 Å². The number of carbonyl (C=O) groups excluding carboxylic acids is 1. The molecule has 0 radical (unpaired) electrons. The van der Waals surface area contributed by atoms with Crippen LogP contribution in [0, 0.1) is 5.41 Å². The standard InChI is InChI=1S/C18H32N4O3S/c1-2-19-17(22-11-9-18(14-22)7-3-4-8-18)20-10-5-16(23)21-15-6-12-26(24,25)13-15/h15H,2-14H2,1H3,(H,19,20)(H,21,23). The van der Waals surface area contributed by atoms with Crippen molar-refractivity contribution in [2.75, 3.05) is 37.7 Å². The predicted molar refractivity (Wildman–Crippen MR) is 103 cm³/mol. The Morgan fingerprint density at radius 2 is 2.04 bits per heavy atom. The summed E-state index contributed by atoms with van der Waals surface area (Å²) in [7, 11) is -2.96. The van der Waals surface area contributed by atoms with Gasteiger partial charge in [-0.3, -0.25) is 9.79 Å². The first kappa shape index (κ1) is 19.5. The van der Waals surface area contributed by atoms with Gasteiger partial charge in [0.2, 0.25) is 5.91 Å². The highest BCUT2D eigenvalue weighted by Gasteiger charge is 2.41. The van der Waals surface area contributed by atoms with E-state index in [1.807, 2.05) is 0 Å². The lowest BCUT2D eigenvalue weighted by atomic mass is 9.86. The van der Waals surface area contributed by atoms with Crippen molar-refractivity contribution in [3.05, 3.63) is 0 Å². The second-order valence-electron chi connectivity index (χ2n) is 8.03. The number of rotatable bonds is 5. The molecule has 148 valence electrons. The van der Waals surface area contributed by atoms with Crippen molar-refractivity contribution in [3.63, 3.8) is 0 Å². The van der Waals surface area contributed by atoms with Gasteiger partial charge >= 0.3 is 0 Å². The van der Waals surface area contributed by atoms with E-state index in [9.17, 15) is 13.2 Å². The van der Waals surface area contributed by atoms with E-state index >= 15 is 0 Å². The Hall–Kier alpha value is -1.31. The molecule has 1 saturated carbocycles. The maximum atomic E-state index is 12.1. The van der Waals surface area contributed by atoms with Crippen LogP contribution in [-0.4, -0.2) is 68.9 Å². The lowest BCUT2D eigenvalue weighted by Crippen LogP contribution is -2.41. The van der Waals surface area contributed by atoms with E-state index < -0.39 is 9.84 Å². The van der Waals surface area contributed by atoms with Crippen molar-refractivity contribution in [1.29, 1.82) is 0 Å². The Kier molecular flexibility index (Phi) is 6.10. The fourth-order valence-electron chi connectivity index (χ4n) is 4.55. The summed E-state index contributed by atoms with van der Waals surface area (Å²) in [6.45, 7) is 5.42. The van der Waals surface area contributed by atoms with Crippen LogP contribution in [0.5, 0.6) is 0 Å². The quantitative estimate of drug-likeness (QED) is 0.543. The molecule has 1 aliphatic carbocycles. The van der Waals surface area contributed by atoms with Gasteiger partial charge in [0.1, 0.15) is 0 Å². The van der Waals surface area contributed by atoms with E-state index in [4.69, 9.17) is 0 Å². The smallest absolute Gasteiger partial charge is 0.222 e.